The Hall–Kier alpha value is -2.08. The predicted molar refractivity (Wildman–Crippen MR) is 71.7 cm³/mol. The number of aryl methyl sites for hydroxylation is 1. The summed E-state index contributed by atoms with van der Waals surface area (Å²) in [4.78, 5) is 11.7. The van der Waals surface area contributed by atoms with Crippen molar-refractivity contribution in [2.75, 3.05) is 12.3 Å². The molecule has 0 fully saturated rings. The Kier molecular flexibility index (Phi) is 4.01. The van der Waals surface area contributed by atoms with E-state index in [1.54, 1.807) is 18.2 Å². The molecule has 0 radical (unpaired) electrons. The lowest BCUT2D eigenvalue weighted by Crippen LogP contribution is -2.05. The molecule has 0 amide bonds. The Balaban J connectivity index is 2.27. The molecule has 0 aliphatic carbocycles. The number of hydrogen-bond acceptors (Lipinski definition) is 6. The first kappa shape index (κ1) is 13.4. The third-order valence-corrected chi connectivity index (χ3v) is 2.46. The van der Waals surface area contributed by atoms with Gasteiger partial charge in [0.25, 0.3) is 0 Å². The normalized spacial score (nSPS) is 10.3. The zero-order valence-corrected chi connectivity index (χ0v) is 11.3. The molecule has 100 valence electrons. The average Bonchev–Trinajstić information content (AvgIpc) is 2.32. The molecular weight excluding hydrogens is 268 g/mol. The predicted octanol–water partition coefficient (Wildman–Crippen LogP) is 2.61. The van der Waals surface area contributed by atoms with E-state index >= 15 is 0 Å². The second-order valence-corrected chi connectivity index (χ2v) is 4.14. The van der Waals surface area contributed by atoms with Crippen LogP contribution in [-0.2, 0) is 0 Å². The van der Waals surface area contributed by atoms with Crippen LogP contribution in [-0.4, -0.2) is 21.6 Å². The number of nitrogens with zero attached hydrogens (tertiary/aromatic N) is 3. The van der Waals surface area contributed by atoms with Crippen LogP contribution in [0.3, 0.4) is 0 Å². The molecule has 1 aromatic heterocycles. The van der Waals surface area contributed by atoms with E-state index < -0.39 is 0 Å². The number of anilines is 1. The van der Waals surface area contributed by atoms with Crippen LogP contribution in [0.2, 0.25) is 5.02 Å². The first-order chi connectivity index (χ1) is 9.08. The van der Waals surface area contributed by atoms with Gasteiger partial charge in [0.15, 0.2) is 0 Å². The quantitative estimate of drug-likeness (QED) is 0.927. The van der Waals surface area contributed by atoms with Crippen molar-refractivity contribution in [3.8, 4) is 17.8 Å². The van der Waals surface area contributed by atoms with Gasteiger partial charge in [-0.3, -0.25) is 0 Å². The summed E-state index contributed by atoms with van der Waals surface area (Å²) in [7, 11) is 0. The topological polar surface area (TPSA) is 83.2 Å². The largest absolute Gasteiger partial charge is 0.464 e. The van der Waals surface area contributed by atoms with Crippen molar-refractivity contribution in [3.05, 3.63) is 28.8 Å². The van der Waals surface area contributed by atoms with Crippen molar-refractivity contribution in [3.63, 3.8) is 0 Å². The summed E-state index contributed by atoms with van der Waals surface area (Å²) in [6.45, 7) is 4.13. The lowest BCUT2D eigenvalue weighted by molar-refractivity contribution is 0.304. The van der Waals surface area contributed by atoms with Gasteiger partial charge in [-0.25, -0.2) is 0 Å². The van der Waals surface area contributed by atoms with Gasteiger partial charge < -0.3 is 15.2 Å². The van der Waals surface area contributed by atoms with Gasteiger partial charge in [0.05, 0.1) is 6.61 Å². The summed E-state index contributed by atoms with van der Waals surface area (Å²) in [6.07, 6.45) is 0. The second-order valence-electron chi connectivity index (χ2n) is 3.70. The van der Waals surface area contributed by atoms with Gasteiger partial charge >= 0.3 is 12.0 Å². The van der Waals surface area contributed by atoms with Crippen molar-refractivity contribution < 1.29 is 9.47 Å². The molecule has 0 unspecified atom stereocenters. The third-order valence-electron chi connectivity index (χ3n) is 2.22. The number of nitrogen functional groups attached to an aromatic ring is 1. The molecule has 0 saturated heterocycles. The highest BCUT2D eigenvalue weighted by Gasteiger charge is 2.09. The highest BCUT2D eigenvalue weighted by molar-refractivity contribution is 6.30. The number of ether oxygens (including phenoxy) is 2. The van der Waals surface area contributed by atoms with E-state index in [-0.39, 0.29) is 18.0 Å². The van der Waals surface area contributed by atoms with E-state index in [4.69, 9.17) is 26.8 Å². The van der Waals surface area contributed by atoms with Crippen LogP contribution in [0.15, 0.2) is 18.2 Å². The molecule has 0 atom stereocenters. The molecule has 0 saturated carbocycles. The summed E-state index contributed by atoms with van der Waals surface area (Å²) < 4.78 is 10.7. The van der Waals surface area contributed by atoms with Crippen molar-refractivity contribution in [1.82, 2.24) is 15.0 Å². The number of nitrogens with two attached hydrogens (primary N) is 1. The van der Waals surface area contributed by atoms with E-state index in [1.165, 1.54) is 0 Å². The molecule has 0 bridgehead atoms. The summed E-state index contributed by atoms with van der Waals surface area (Å²) in [5.74, 6) is 0.637. The highest BCUT2D eigenvalue weighted by Crippen LogP contribution is 2.26. The maximum atomic E-state index is 5.87. The van der Waals surface area contributed by atoms with Crippen LogP contribution in [0.25, 0.3) is 0 Å². The summed E-state index contributed by atoms with van der Waals surface area (Å²) in [6, 6.07) is 5.46. The first-order valence-electron chi connectivity index (χ1n) is 5.67. The fourth-order valence-corrected chi connectivity index (χ4v) is 1.64. The number of benzene rings is 1. The van der Waals surface area contributed by atoms with Crippen molar-refractivity contribution in [2.24, 2.45) is 0 Å². The Bertz CT molecular complexity index is 592. The molecule has 2 rings (SSSR count). The van der Waals surface area contributed by atoms with Gasteiger partial charge in [-0.05, 0) is 37.6 Å². The fourth-order valence-electron chi connectivity index (χ4n) is 1.42. The number of aromatic nitrogens is 3. The van der Waals surface area contributed by atoms with Crippen LogP contribution in [0.4, 0.5) is 5.95 Å². The van der Waals surface area contributed by atoms with E-state index in [9.17, 15) is 0 Å². The molecule has 7 heteroatoms. The molecule has 1 aromatic carbocycles. The maximum Gasteiger partial charge on any atom is 0.330 e. The number of rotatable bonds is 4. The highest BCUT2D eigenvalue weighted by atomic mass is 35.5. The molecule has 19 heavy (non-hydrogen) atoms. The Morgan fingerprint density at radius 1 is 1.21 bits per heavy atom. The third kappa shape index (κ3) is 3.45. The van der Waals surface area contributed by atoms with E-state index in [1.807, 2.05) is 13.8 Å². The molecule has 0 aliphatic rings. The number of halogens is 1. The minimum absolute atomic E-state index is 0.0417. The first-order valence-corrected chi connectivity index (χ1v) is 6.04. The Morgan fingerprint density at radius 3 is 2.63 bits per heavy atom. The monoisotopic (exact) mass is 280 g/mol. The SMILES string of the molecule is CCOc1nc(N)nc(Oc2ccc(Cl)cc2C)n1. The smallest absolute Gasteiger partial charge is 0.330 e. The van der Waals surface area contributed by atoms with Crippen LogP contribution < -0.4 is 15.2 Å². The van der Waals surface area contributed by atoms with E-state index in [2.05, 4.69) is 15.0 Å². The number of hydrogen-bond donors (Lipinski definition) is 1. The molecule has 0 spiro atoms. The van der Waals surface area contributed by atoms with Gasteiger partial charge in [-0.15, -0.1) is 4.98 Å². The standard InChI is InChI=1S/C12H13ClN4O2/c1-3-18-11-15-10(14)16-12(17-11)19-9-5-4-8(13)6-7(9)2/h4-6H,3H2,1-2H3,(H2,14,15,16,17). The molecule has 2 N–H and O–H groups in total. The van der Waals surface area contributed by atoms with E-state index in [0.29, 0.717) is 17.4 Å². The molecule has 0 aliphatic heterocycles. The minimum atomic E-state index is 0.0417. The van der Waals surface area contributed by atoms with Crippen molar-refractivity contribution >= 4 is 17.5 Å². The summed E-state index contributed by atoms with van der Waals surface area (Å²) in [5, 5.41) is 0.634. The maximum absolute atomic E-state index is 5.87. The molecule has 2 aromatic rings. The zero-order valence-electron chi connectivity index (χ0n) is 10.6. The van der Waals surface area contributed by atoms with Crippen molar-refractivity contribution in [1.29, 1.82) is 0 Å². The van der Waals surface area contributed by atoms with Gasteiger partial charge in [0, 0.05) is 5.02 Å². The van der Waals surface area contributed by atoms with Gasteiger partial charge in [-0.1, -0.05) is 11.6 Å². The molecule has 1 heterocycles. The van der Waals surface area contributed by atoms with Gasteiger partial charge in [-0.2, -0.15) is 9.97 Å². The zero-order chi connectivity index (χ0) is 13.8. The average molecular weight is 281 g/mol. The lowest BCUT2D eigenvalue weighted by atomic mass is 10.2. The Morgan fingerprint density at radius 2 is 1.95 bits per heavy atom. The van der Waals surface area contributed by atoms with Crippen LogP contribution in [0, 0.1) is 6.92 Å². The summed E-state index contributed by atoms with van der Waals surface area (Å²) in [5.41, 5.74) is 6.43. The van der Waals surface area contributed by atoms with Crippen LogP contribution in [0.1, 0.15) is 12.5 Å². The Labute approximate surface area is 115 Å². The summed E-state index contributed by atoms with van der Waals surface area (Å²) >= 11 is 5.87. The van der Waals surface area contributed by atoms with Gasteiger partial charge in [0.2, 0.25) is 5.95 Å². The van der Waals surface area contributed by atoms with Crippen LogP contribution in [0.5, 0.6) is 17.8 Å². The van der Waals surface area contributed by atoms with Gasteiger partial charge in [0.1, 0.15) is 5.75 Å². The fraction of sp³-hybridized carbons (Fsp3) is 0.250. The second kappa shape index (κ2) is 5.71. The lowest BCUT2D eigenvalue weighted by Gasteiger charge is -2.08. The van der Waals surface area contributed by atoms with Crippen molar-refractivity contribution in [2.45, 2.75) is 13.8 Å². The molecular formula is C12H13ClN4O2. The van der Waals surface area contributed by atoms with Crippen LogP contribution >= 0.6 is 11.6 Å². The minimum Gasteiger partial charge on any atom is -0.464 e. The van der Waals surface area contributed by atoms with E-state index in [0.717, 1.165) is 5.56 Å². The molecule has 6 nitrogen and oxygen atoms in total.